The Morgan fingerprint density at radius 1 is 1.04 bits per heavy atom. The number of cyclic esters (lactones) is 2. The smallest absolute Gasteiger partial charge is 0.334 e. The predicted octanol–water partition coefficient (Wildman–Crippen LogP) is 2.46. The topological polar surface area (TPSA) is 65.1 Å². The summed E-state index contributed by atoms with van der Waals surface area (Å²) in [5.41, 5.74) is 0.688. The molecule has 0 aromatic heterocycles. The van der Waals surface area contributed by atoms with Crippen molar-refractivity contribution in [2.24, 2.45) is 17.8 Å². The summed E-state index contributed by atoms with van der Waals surface area (Å²) in [6.45, 7) is 7.11. The summed E-state index contributed by atoms with van der Waals surface area (Å²) in [7, 11) is 0. The lowest BCUT2D eigenvalue weighted by Gasteiger charge is -2.36. The lowest BCUT2D eigenvalue weighted by Crippen LogP contribution is -2.47. The van der Waals surface area contributed by atoms with Crippen molar-refractivity contribution in [2.45, 2.75) is 89.4 Å². The molecule has 0 aromatic rings. The fourth-order valence-electron chi connectivity index (χ4n) is 6.47. The second-order valence-corrected chi connectivity index (χ2v) is 9.50. The molecular formula is C22H31NO5. The van der Waals surface area contributed by atoms with Crippen LogP contribution in [0.25, 0.3) is 0 Å². The molecule has 5 aliphatic heterocycles. The van der Waals surface area contributed by atoms with Gasteiger partial charge in [0.25, 0.3) is 0 Å². The van der Waals surface area contributed by atoms with Crippen LogP contribution in [0.3, 0.4) is 0 Å². The second-order valence-electron chi connectivity index (χ2n) is 9.50. The van der Waals surface area contributed by atoms with E-state index in [2.05, 4.69) is 11.8 Å². The Bertz CT molecular complexity index is 705. The zero-order valence-electron chi connectivity index (χ0n) is 17.0. The molecule has 0 radical (unpaired) electrons. The molecule has 5 aliphatic rings. The lowest BCUT2D eigenvalue weighted by atomic mass is 9.80. The maximum atomic E-state index is 11.9. The van der Waals surface area contributed by atoms with E-state index in [-0.39, 0.29) is 42.3 Å². The van der Waals surface area contributed by atoms with Gasteiger partial charge in [0.15, 0.2) is 0 Å². The van der Waals surface area contributed by atoms with Crippen LogP contribution in [0.5, 0.6) is 0 Å². The van der Waals surface area contributed by atoms with Crippen LogP contribution in [0.1, 0.15) is 52.9 Å². The number of ether oxygens (including phenoxy) is 3. The molecule has 9 unspecified atom stereocenters. The average molecular weight is 389 g/mol. The Kier molecular flexibility index (Phi) is 4.55. The van der Waals surface area contributed by atoms with Crippen molar-refractivity contribution < 1.29 is 23.8 Å². The Hall–Kier alpha value is -1.40. The normalized spacial score (nSPS) is 48.7. The lowest BCUT2D eigenvalue weighted by molar-refractivity contribution is -0.147. The van der Waals surface area contributed by atoms with E-state index in [9.17, 15) is 9.59 Å². The van der Waals surface area contributed by atoms with Gasteiger partial charge in [-0.05, 0) is 57.6 Å². The highest BCUT2D eigenvalue weighted by Gasteiger charge is 2.55. The van der Waals surface area contributed by atoms with E-state index in [1.165, 1.54) is 0 Å². The zero-order chi connectivity index (χ0) is 19.6. The molecule has 9 atom stereocenters. The van der Waals surface area contributed by atoms with E-state index < -0.39 is 0 Å². The Labute approximate surface area is 166 Å². The van der Waals surface area contributed by atoms with E-state index in [1.54, 1.807) is 0 Å². The number of carbonyl (C=O) groups is 2. The van der Waals surface area contributed by atoms with Crippen molar-refractivity contribution in [3.8, 4) is 0 Å². The fourth-order valence-corrected chi connectivity index (χ4v) is 6.47. The van der Waals surface area contributed by atoms with Crippen LogP contribution in [-0.4, -0.2) is 59.9 Å². The summed E-state index contributed by atoms with van der Waals surface area (Å²) < 4.78 is 17.8. The molecule has 4 fully saturated rings. The van der Waals surface area contributed by atoms with Crippen LogP contribution < -0.4 is 0 Å². The summed E-state index contributed by atoms with van der Waals surface area (Å²) in [6, 6.07) is 0.810. The van der Waals surface area contributed by atoms with Crippen LogP contribution in [0, 0.1) is 17.8 Å². The molecule has 5 rings (SSSR count). The summed E-state index contributed by atoms with van der Waals surface area (Å²) >= 11 is 0. The fraction of sp³-hybridized carbons (Fsp3) is 0.818. The van der Waals surface area contributed by atoms with Crippen LogP contribution >= 0.6 is 0 Å². The molecule has 0 aliphatic carbocycles. The molecule has 6 heteroatoms. The van der Waals surface area contributed by atoms with Crippen LogP contribution in [0.15, 0.2) is 11.6 Å². The molecule has 0 saturated carbocycles. The van der Waals surface area contributed by atoms with Crippen LogP contribution in [0.4, 0.5) is 0 Å². The summed E-state index contributed by atoms with van der Waals surface area (Å²) in [5, 5.41) is 0. The SMILES string of the molecule is CC1=CC(C2OC3CCCN4C(C5CC(C)C(=O)O5)CCC4C3C2C)OC1=O. The van der Waals surface area contributed by atoms with Gasteiger partial charge in [0.2, 0.25) is 0 Å². The van der Waals surface area contributed by atoms with Gasteiger partial charge >= 0.3 is 11.9 Å². The summed E-state index contributed by atoms with van der Waals surface area (Å²) in [5.74, 6) is 0.546. The van der Waals surface area contributed by atoms with Gasteiger partial charge in [0, 0.05) is 23.6 Å². The zero-order valence-corrected chi connectivity index (χ0v) is 17.0. The molecule has 0 bridgehead atoms. The number of hydrogen-bond donors (Lipinski definition) is 0. The monoisotopic (exact) mass is 389 g/mol. The Balaban J connectivity index is 1.35. The van der Waals surface area contributed by atoms with E-state index in [1.807, 2.05) is 19.9 Å². The first kappa shape index (κ1) is 18.6. The highest BCUT2D eigenvalue weighted by atomic mass is 16.6. The molecule has 154 valence electrons. The molecule has 0 amide bonds. The van der Waals surface area contributed by atoms with E-state index in [4.69, 9.17) is 14.2 Å². The first-order chi connectivity index (χ1) is 13.4. The summed E-state index contributed by atoms with van der Waals surface area (Å²) in [6.07, 6.45) is 7.11. The van der Waals surface area contributed by atoms with Gasteiger partial charge in [-0.3, -0.25) is 9.69 Å². The largest absolute Gasteiger partial charge is 0.460 e. The predicted molar refractivity (Wildman–Crippen MR) is 101 cm³/mol. The van der Waals surface area contributed by atoms with Crippen LogP contribution in [-0.2, 0) is 23.8 Å². The third-order valence-corrected chi connectivity index (χ3v) is 7.83. The molecule has 0 spiro atoms. The third-order valence-electron chi connectivity index (χ3n) is 7.83. The minimum absolute atomic E-state index is 0.0222. The maximum Gasteiger partial charge on any atom is 0.334 e. The molecule has 6 nitrogen and oxygen atoms in total. The van der Waals surface area contributed by atoms with Gasteiger partial charge in [-0.1, -0.05) is 13.8 Å². The van der Waals surface area contributed by atoms with Crippen molar-refractivity contribution in [3.63, 3.8) is 0 Å². The van der Waals surface area contributed by atoms with Gasteiger partial charge in [-0.15, -0.1) is 0 Å². The van der Waals surface area contributed by atoms with E-state index >= 15 is 0 Å². The van der Waals surface area contributed by atoms with Crippen molar-refractivity contribution in [1.82, 2.24) is 4.90 Å². The van der Waals surface area contributed by atoms with Gasteiger partial charge in [-0.25, -0.2) is 4.79 Å². The standard InChI is InChI=1S/C22H31NO5/c1-11-9-17(27-21(11)24)14-6-7-15-19-13(3)20(18-10-12(2)22(25)28-18)26-16(19)5-4-8-23(14)15/h10-11,13-20H,4-9H2,1-3H3. The van der Waals surface area contributed by atoms with Crippen molar-refractivity contribution in [2.75, 3.05) is 6.54 Å². The molecule has 0 N–H and O–H groups in total. The van der Waals surface area contributed by atoms with Gasteiger partial charge in [-0.2, -0.15) is 0 Å². The minimum atomic E-state index is -0.253. The van der Waals surface area contributed by atoms with Crippen molar-refractivity contribution >= 4 is 11.9 Å². The van der Waals surface area contributed by atoms with Crippen molar-refractivity contribution in [3.05, 3.63) is 11.6 Å². The number of carbonyl (C=O) groups excluding carboxylic acids is 2. The Morgan fingerprint density at radius 2 is 1.82 bits per heavy atom. The van der Waals surface area contributed by atoms with E-state index in [0.717, 1.165) is 38.6 Å². The van der Waals surface area contributed by atoms with E-state index in [0.29, 0.717) is 29.5 Å². The number of hydrogen-bond acceptors (Lipinski definition) is 6. The molecular weight excluding hydrogens is 358 g/mol. The molecule has 28 heavy (non-hydrogen) atoms. The number of fused-ring (bicyclic) bond motifs is 3. The van der Waals surface area contributed by atoms with Gasteiger partial charge in [0.1, 0.15) is 18.3 Å². The van der Waals surface area contributed by atoms with Gasteiger partial charge in [0.05, 0.1) is 12.0 Å². The van der Waals surface area contributed by atoms with Gasteiger partial charge < -0.3 is 14.2 Å². The highest BCUT2D eigenvalue weighted by Crippen LogP contribution is 2.48. The van der Waals surface area contributed by atoms with Crippen LogP contribution in [0.2, 0.25) is 0 Å². The average Bonchev–Trinajstić information content (AvgIpc) is 3.35. The van der Waals surface area contributed by atoms with Crippen molar-refractivity contribution in [1.29, 1.82) is 0 Å². The number of esters is 2. The summed E-state index contributed by atoms with van der Waals surface area (Å²) in [4.78, 5) is 26.4. The minimum Gasteiger partial charge on any atom is -0.460 e. The molecule has 4 saturated heterocycles. The Morgan fingerprint density at radius 3 is 2.50 bits per heavy atom. The third kappa shape index (κ3) is 2.83. The first-order valence-electron chi connectivity index (χ1n) is 10.9. The maximum absolute atomic E-state index is 11.9. The number of nitrogens with zero attached hydrogens (tertiary/aromatic N) is 1. The molecule has 5 heterocycles. The first-order valence-corrected chi connectivity index (χ1v) is 10.9. The second kappa shape index (κ2) is 6.84. The highest BCUT2D eigenvalue weighted by molar-refractivity contribution is 5.90. The molecule has 0 aromatic carbocycles. The number of rotatable bonds is 2. The quantitative estimate of drug-likeness (QED) is 0.676.